The van der Waals surface area contributed by atoms with Gasteiger partial charge in [0.15, 0.2) is 5.82 Å². The van der Waals surface area contributed by atoms with Gasteiger partial charge < -0.3 is 10.1 Å². The van der Waals surface area contributed by atoms with Crippen molar-refractivity contribution in [1.29, 1.82) is 0 Å². The summed E-state index contributed by atoms with van der Waals surface area (Å²) in [7, 11) is 1.63. The number of nitrogens with zero attached hydrogens (tertiary/aromatic N) is 1. The van der Waals surface area contributed by atoms with Gasteiger partial charge in [0.2, 0.25) is 5.91 Å². The summed E-state index contributed by atoms with van der Waals surface area (Å²) in [6.45, 7) is 0. The Hall–Kier alpha value is -2.79. The quantitative estimate of drug-likeness (QED) is 0.741. The van der Waals surface area contributed by atoms with Gasteiger partial charge in [-0.2, -0.15) is 5.10 Å². The third-order valence-corrected chi connectivity index (χ3v) is 4.70. The van der Waals surface area contributed by atoms with E-state index in [-0.39, 0.29) is 11.8 Å². The molecule has 126 valence electrons. The average molecular weight is 354 g/mol. The minimum Gasteiger partial charge on any atom is -0.497 e. The van der Waals surface area contributed by atoms with E-state index in [4.69, 9.17) is 16.3 Å². The van der Waals surface area contributed by atoms with Crippen LogP contribution in [0.15, 0.2) is 48.5 Å². The van der Waals surface area contributed by atoms with Gasteiger partial charge >= 0.3 is 0 Å². The van der Waals surface area contributed by atoms with Crippen LogP contribution in [0.1, 0.15) is 23.5 Å². The first-order chi connectivity index (χ1) is 12.2. The normalized spacial score (nSPS) is 16.2. The van der Waals surface area contributed by atoms with Crippen molar-refractivity contribution in [2.75, 3.05) is 12.4 Å². The Morgan fingerprint density at radius 1 is 1.12 bits per heavy atom. The molecule has 6 heteroatoms. The maximum atomic E-state index is 12.1. The molecule has 4 rings (SSSR count). The smallest absolute Gasteiger partial charge is 0.226 e. The molecule has 2 heterocycles. The highest BCUT2D eigenvalue weighted by molar-refractivity contribution is 6.30. The highest BCUT2D eigenvalue weighted by atomic mass is 35.5. The number of benzene rings is 2. The zero-order valence-corrected chi connectivity index (χ0v) is 14.3. The zero-order chi connectivity index (χ0) is 17.4. The number of aromatic nitrogens is 2. The molecule has 1 aromatic heterocycles. The van der Waals surface area contributed by atoms with Gasteiger partial charge in [-0.05, 0) is 29.8 Å². The Kier molecular flexibility index (Phi) is 3.93. The summed E-state index contributed by atoms with van der Waals surface area (Å²) in [5.41, 5.74) is 3.92. The number of aromatic amines is 1. The van der Waals surface area contributed by atoms with Crippen molar-refractivity contribution in [2.45, 2.75) is 12.3 Å². The lowest BCUT2D eigenvalue weighted by atomic mass is 9.84. The van der Waals surface area contributed by atoms with Crippen molar-refractivity contribution >= 4 is 23.3 Å². The van der Waals surface area contributed by atoms with Crippen LogP contribution < -0.4 is 10.1 Å². The monoisotopic (exact) mass is 353 g/mol. The summed E-state index contributed by atoms with van der Waals surface area (Å²) in [6, 6.07) is 15.4. The molecule has 0 bridgehead atoms. The van der Waals surface area contributed by atoms with E-state index in [9.17, 15) is 4.79 Å². The molecule has 3 aromatic rings. The largest absolute Gasteiger partial charge is 0.497 e. The lowest BCUT2D eigenvalue weighted by Gasteiger charge is -2.23. The number of methoxy groups -OCH3 is 1. The number of fused-ring (bicyclic) bond motifs is 1. The van der Waals surface area contributed by atoms with E-state index in [2.05, 4.69) is 15.5 Å². The van der Waals surface area contributed by atoms with Gasteiger partial charge in [0.25, 0.3) is 0 Å². The summed E-state index contributed by atoms with van der Waals surface area (Å²) >= 11 is 5.99. The van der Waals surface area contributed by atoms with Crippen LogP contribution >= 0.6 is 11.6 Å². The fourth-order valence-electron chi connectivity index (χ4n) is 3.21. The predicted molar refractivity (Wildman–Crippen MR) is 97.1 cm³/mol. The third kappa shape index (κ3) is 2.87. The SMILES string of the molecule is COc1ccc([C@H]2CC(=O)Nc3n[nH]c(-c4ccc(Cl)cc4)c32)cc1. The lowest BCUT2D eigenvalue weighted by Crippen LogP contribution is -2.23. The summed E-state index contributed by atoms with van der Waals surface area (Å²) in [5, 5.41) is 10.9. The van der Waals surface area contributed by atoms with Crippen LogP contribution in [0.5, 0.6) is 5.75 Å². The van der Waals surface area contributed by atoms with E-state index in [1.807, 2.05) is 48.5 Å². The number of ether oxygens (including phenoxy) is 1. The van der Waals surface area contributed by atoms with E-state index in [0.29, 0.717) is 17.3 Å². The Labute approximate surface area is 150 Å². The molecule has 0 aliphatic carbocycles. The number of carbonyl (C=O) groups is 1. The highest BCUT2D eigenvalue weighted by Crippen LogP contribution is 2.42. The molecule has 1 amide bonds. The number of nitrogens with one attached hydrogen (secondary N) is 2. The van der Waals surface area contributed by atoms with Crippen molar-refractivity contribution < 1.29 is 9.53 Å². The second-order valence-electron chi connectivity index (χ2n) is 5.95. The molecule has 1 atom stereocenters. The van der Waals surface area contributed by atoms with E-state index in [1.165, 1.54) is 0 Å². The number of amides is 1. The van der Waals surface area contributed by atoms with Crippen molar-refractivity contribution in [2.24, 2.45) is 0 Å². The van der Waals surface area contributed by atoms with Gasteiger partial charge in [-0.25, -0.2) is 0 Å². The predicted octanol–water partition coefficient (Wildman–Crippen LogP) is 4.21. The summed E-state index contributed by atoms with van der Waals surface area (Å²) in [6.07, 6.45) is 0.374. The minimum atomic E-state index is -0.0703. The van der Waals surface area contributed by atoms with Crippen LogP contribution in [-0.2, 0) is 4.79 Å². The van der Waals surface area contributed by atoms with Gasteiger partial charge in [0, 0.05) is 28.5 Å². The summed E-state index contributed by atoms with van der Waals surface area (Å²) < 4.78 is 5.23. The topological polar surface area (TPSA) is 67.0 Å². The van der Waals surface area contributed by atoms with E-state index >= 15 is 0 Å². The molecule has 1 aliphatic heterocycles. The van der Waals surface area contributed by atoms with Gasteiger partial charge in [-0.3, -0.25) is 9.89 Å². The van der Waals surface area contributed by atoms with Gasteiger partial charge in [0.05, 0.1) is 12.8 Å². The van der Waals surface area contributed by atoms with E-state index in [0.717, 1.165) is 28.1 Å². The standard InChI is InChI=1S/C19H16ClN3O2/c1-25-14-8-4-11(5-9-14)15-10-16(24)21-19-17(15)18(22-23-19)12-2-6-13(20)7-3-12/h2-9,15H,10H2,1H3,(H2,21,22,23,24)/t15-/m1/s1. The maximum Gasteiger partial charge on any atom is 0.226 e. The zero-order valence-electron chi connectivity index (χ0n) is 13.5. The lowest BCUT2D eigenvalue weighted by molar-refractivity contribution is -0.116. The van der Waals surface area contributed by atoms with Gasteiger partial charge in [-0.1, -0.05) is 35.9 Å². The molecule has 0 unspecified atom stereocenters. The first kappa shape index (κ1) is 15.7. The Morgan fingerprint density at radius 2 is 1.84 bits per heavy atom. The van der Waals surface area contributed by atoms with E-state index in [1.54, 1.807) is 7.11 Å². The van der Waals surface area contributed by atoms with Crippen LogP contribution in [0.3, 0.4) is 0 Å². The number of rotatable bonds is 3. The number of H-pyrrole nitrogens is 1. The second kappa shape index (κ2) is 6.26. The fraction of sp³-hybridized carbons (Fsp3) is 0.158. The molecule has 2 aromatic carbocycles. The molecule has 0 saturated carbocycles. The van der Waals surface area contributed by atoms with Crippen LogP contribution in [0.4, 0.5) is 5.82 Å². The molecule has 0 saturated heterocycles. The summed E-state index contributed by atoms with van der Waals surface area (Å²) in [4.78, 5) is 12.1. The van der Waals surface area contributed by atoms with Gasteiger partial charge in [0.1, 0.15) is 5.75 Å². The Bertz CT molecular complexity index is 917. The molecular formula is C19H16ClN3O2. The summed E-state index contributed by atoms with van der Waals surface area (Å²) in [5.74, 6) is 1.26. The molecule has 1 aliphatic rings. The van der Waals surface area contributed by atoms with Crippen LogP contribution in [0, 0.1) is 0 Å². The van der Waals surface area contributed by atoms with Crippen molar-refractivity contribution in [3.8, 4) is 17.0 Å². The number of hydrogen-bond donors (Lipinski definition) is 2. The van der Waals surface area contributed by atoms with Crippen LogP contribution in [0.2, 0.25) is 5.02 Å². The average Bonchev–Trinajstić information content (AvgIpc) is 3.05. The van der Waals surface area contributed by atoms with Crippen LogP contribution in [-0.4, -0.2) is 23.2 Å². The molecule has 0 spiro atoms. The van der Waals surface area contributed by atoms with Crippen molar-refractivity contribution in [3.63, 3.8) is 0 Å². The van der Waals surface area contributed by atoms with Crippen molar-refractivity contribution in [3.05, 3.63) is 64.7 Å². The number of carbonyl (C=O) groups excluding carboxylic acids is 1. The molecule has 25 heavy (non-hydrogen) atoms. The highest BCUT2D eigenvalue weighted by Gasteiger charge is 2.32. The molecule has 0 fully saturated rings. The number of halogens is 1. The first-order valence-electron chi connectivity index (χ1n) is 7.93. The Balaban J connectivity index is 1.82. The second-order valence-corrected chi connectivity index (χ2v) is 6.38. The van der Waals surface area contributed by atoms with E-state index < -0.39 is 0 Å². The Morgan fingerprint density at radius 3 is 2.52 bits per heavy atom. The number of anilines is 1. The van der Waals surface area contributed by atoms with Crippen LogP contribution in [0.25, 0.3) is 11.3 Å². The number of hydrogen-bond acceptors (Lipinski definition) is 3. The fourth-order valence-corrected chi connectivity index (χ4v) is 3.34. The molecule has 2 N–H and O–H groups in total. The molecule has 0 radical (unpaired) electrons. The van der Waals surface area contributed by atoms with Crippen molar-refractivity contribution in [1.82, 2.24) is 10.2 Å². The maximum absolute atomic E-state index is 12.1. The third-order valence-electron chi connectivity index (χ3n) is 4.45. The molecular weight excluding hydrogens is 338 g/mol. The minimum absolute atomic E-state index is 0.0394. The molecule has 5 nitrogen and oxygen atoms in total. The van der Waals surface area contributed by atoms with Gasteiger partial charge in [-0.15, -0.1) is 0 Å². The first-order valence-corrected chi connectivity index (χ1v) is 8.31.